The Kier molecular flexibility index (Phi) is 5.08. The van der Waals surface area contributed by atoms with E-state index in [1.165, 1.54) is 5.56 Å². The van der Waals surface area contributed by atoms with Crippen LogP contribution in [0.5, 0.6) is 0 Å². The van der Waals surface area contributed by atoms with Crippen LogP contribution in [0.15, 0.2) is 30.3 Å². The molecule has 0 atom stereocenters. The van der Waals surface area contributed by atoms with Gasteiger partial charge in [0.1, 0.15) is 18.2 Å². The lowest BCUT2D eigenvalue weighted by Gasteiger charge is -2.23. The van der Waals surface area contributed by atoms with Crippen molar-refractivity contribution in [3.63, 3.8) is 0 Å². The largest absolute Gasteiger partial charge is 0.377 e. The molecule has 0 aliphatic rings. The normalized spacial score (nSPS) is 10.5. The van der Waals surface area contributed by atoms with Crippen LogP contribution in [0.25, 0.3) is 0 Å². The van der Waals surface area contributed by atoms with Gasteiger partial charge < -0.3 is 15.1 Å². The van der Waals surface area contributed by atoms with E-state index in [-0.39, 0.29) is 0 Å². The van der Waals surface area contributed by atoms with E-state index in [9.17, 15) is 0 Å². The second-order valence-corrected chi connectivity index (χ2v) is 4.68. The standard InChI is InChI=1S/C15H21N5O/c1-4-20(12-7-5-11(2)6-8-12)15-9-13(19-16)17-14(18-15)10-21-3/h5-9H,4,10,16H2,1-3H3,(H,17,18,19). The quantitative estimate of drug-likeness (QED) is 0.627. The van der Waals surface area contributed by atoms with Gasteiger partial charge in [-0.25, -0.2) is 15.8 Å². The Labute approximate surface area is 124 Å². The zero-order valence-electron chi connectivity index (χ0n) is 12.6. The Morgan fingerprint density at radius 1 is 1.24 bits per heavy atom. The number of nitrogens with two attached hydrogens (primary N) is 1. The van der Waals surface area contributed by atoms with E-state index in [4.69, 9.17) is 10.6 Å². The van der Waals surface area contributed by atoms with E-state index in [0.29, 0.717) is 18.2 Å². The van der Waals surface area contributed by atoms with E-state index < -0.39 is 0 Å². The summed E-state index contributed by atoms with van der Waals surface area (Å²) >= 11 is 0. The van der Waals surface area contributed by atoms with Crippen LogP contribution < -0.4 is 16.2 Å². The fourth-order valence-corrected chi connectivity index (χ4v) is 2.09. The van der Waals surface area contributed by atoms with Crippen molar-refractivity contribution >= 4 is 17.3 Å². The van der Waals surface area contributed by atoms with Crippen LogP contribution in [-0.2, 0) is 11.3 Å². The van der Waals surface area contributed by atoms with Crippen LogP contribution >= 0.6 is 0 Å². The van der Waals surface area contributed by atoms with Crippen molar-refractivity contribution < 1.29 is 4.74 Å². The molecule has 1 aromatic carbocycles. The van der Waals surface area contributed by atoms with Gasteiger partial charge in [0.25, 0.3) is 0 Å². The van der Waals surface area contributed by atoms with E-state index in [1.807, 2.05) is 6.07 Å². The van der Waals surface area contributed by atoms with Gasteiger partial charge in [0.2, 0.25) is 0 Å². The third-order valence-corrected chi connectivity index (χ3v) is 3.12. The molecule has 0 aliphatic heterocycles. The average molecular weight is 287 g/mol. The van der Waals surface area contributed by atoms with Crippen LogP contribution in [0.3, 0.4) is 0 Å². The number of nitrogens with one attached hydrogen (secondary N) is 1. The third-order valence-electron chi connectivity index (χ3n) is 3.12. The molecule has 0 fully saturated rings. The van der Waals surface area contributed by atoms with Crippen molar-refractivity contribution in [2.24, 2.45) is 5.84 Å². The van der Waals surface area contributed by atoms with Gasteiger partial charge in [-0.2, -0.15) is 0 Å². The van der Waals surface area contributed by atoms with Gasteiger partial charge in [0.15, 0.2) is 5.82 Å². The maximum atomic E-state index is 5.48. The first kappa shape index (κ1) is 15.2. The van der Waals surface area contributed by atoms with Gasteiger partial charge in [-0.1, -0.05) is 17.7 Å². The van der Waals surface area contributed by atoms with Gasteiger partial charge in [-0.05, 0) is 26.0 Å². The summed E-state index contributed by atoms with van der Waals surface area (Å²) in [7, 11) is 1.61. The topological polar surface area (TPSA) is 76.3 Å². The second-order valence-electron chi connectivity index (χ2n) is 4.68. The number of benzene rings is 1. The first-order valence-electron chi connectivity index (χ1n) is 6.85. The van der Waals surface area contributed by atoms with Gasteiger partial charge in [0, 0.05) is 25.4 Å². The minimum absolute atomic E-state index is 0.341. The van der Waals surface area contributed by atoms with Crippen molar-refractivity contribution in [3.8, 4) is 0 Å². The summed E-state index contributed by atoms with van der Waals surface area (Å²) in [6, 6.07) is 10.1. The Hall–Kier alpha value is -2.18. The number of aromatic nitrogens is 2. The molecule has 2 rings (SSSR count). The van der Waals surface area contributed by atoms with Crippen molar-refractivity contribution in [1.82, 2.24) is 9.97 Å². The molecule has 0 aliphatic carbocycles. The molecule has 0 radical (unpaired) electrons. The van der Waals surface area contributed by atoms with Crippen LogP contribution in [-0.4, -0.2) is 23.6 Å². The number of ether oxygens (including phenoxy) is 1. The molecule has 112 valence electrons. The summed E-state index contributed by atoms with van der Waals surface area (Å²) in [5, 5.41) is 0. The average Bonchev–Trinajstić information content (AvgIpc) is 2.50. The highest BCUT2D eigenvalue weighted by molar-refractivity contribution is 5.62. The first-order valence-corrected chi connectivity index (χ1v) is 6.85. The fraction of sp³-hybridized carbons (Fsp3) is 0.333. The summed E-state index contributed by atoms with van der Waals surface area (Å²) in [5.41, 5.74) is 4.87. The molecule has 0 amide bonds. The maximum absolute atomic E-state index is 5.48. The summed E-state index contributed by atoms with van der Waals surface area (Å²) in [5.74, 6) is 7.43. The molecule has 2 aromatic rings. The lowest BCUT2D eigenvalue weighted by Crippen LogP contribution is -2.20. The molecule has 0 saturated carbocycles. The predicted octanol–water partition coefficient (Wildman–Crippen LogP) is 2.38. The monoisotopic (exact) mass is 287 g/mol. The molecule has 21 heavy (non-hydrogen) atoms. The minimum Gasteiger partial charge on any atom is -0.377 e. The van der Waals surface area contributed by atoms with Crippen molar-refractivity contribution in [2.75, 3.05) is 24.0 Å². The number of anilines is 3. The highest BCUT2D eigenvalue weighted by atomic mass is 16.5. The Balaban J connectivity index is 2.40. The fourth-order valence-electron chi connectivity index (χ4n) is 2.09. The number of aryl methyl sites for hydroxylation is 1. The Bertz CT molecular complexity index is 585. The number of hydrogen-bond acceptors (Lipinski definition) is 6. The molecule has 3 N–H and O–H groups in total. The number of nitrogens with zero attached hydrogens (tertiary/aromatic N) is 3. The first-order chi connectivity index (χ1) is 10.2. The van der Waals surface area contributed by atoms with Crippen LogP contribution in [0.2, 0.25) is 0 Å². The molecular formula is C15H21N5O. The molecule has 6 heteroatoms. The summed E-state index contributed by atoms with van der Waals surface area (Å²) in [4.78, 5) is 10.9. The minimum atomic E-state index is 0.341. The molecule has 1 aromatic heterocycles. The third kappa shape index (κ3) is 3.68. The van der Waals surface area contributed by atoms with Crippen molar-refractivity contribution in [2.45, 2.75) is 20.5 Å². The zero-order chi connectivity index (χ0) is 15.2. The maximum Gasteiger partial charge on any atom is 0.158 e. The molecule has 0 saturated heterocycles. The lowest BCUT2D eigenvalue weighted by atomic mass is 10.2. The van der Waals surface area contributed by atoms with Gasteiger partial charge in [-0.15, -0.1) is 0 Å². The number of hydrazine groups is 1. The van der Waals surface area contributed by atoms with E-state index in [1.54, 1.807) is 7.11 Å². The van der Waals surface area contributed by atoms with Crippen LogP contribution in [0, 0.1) is 6.92 Å². The summed E-state index contributed by atoms with van der Waals surface area (Å²) in [6.45, 7) is 5.27. The van der Waals surface area contributed by atoms with Gasteiger partial charge >= 0.3 is 0 Å². The van der Waals surface area contributed by atoms with Gasteiger partial charge in [0.05, 0.1) is 0 Å². The molecule has 6 nitrogen and oxygen atoms in total. The van der Waals surface area contributed by atoms with Crippen LogP contribution in [0.1, 0.15) is 18.3 Å². The number of rotatable bonds is 6. The van der Waals surface area contributed by atoms with Gasteiger partial charge in [-0.3, -0.25) is 0 Å². The number of nitrogen functional groups attached to an aromatic ring is 1. The van der Waals surface area contributed by atoms with E-state index in [2.05, 4.69) is 58.4 Å². The predicted molar refractivity (Wildman–Crippen MR) is 84.4 cm³/mol. The van der Waals surface area contributed by atoms with Crippen molar-refractivity contribution in [3.05, 3.63) is 41.7 Å². The van der Waals surface area contributed by atoms with E-state index in [0.717, 1.165) is 18.1 Å². The highest BCUT2D eigenvalue weighted by Gasteiger charge is 2.12. The Morgan fingerprint density at radius 2 is 1.95 bits per heavy atom. The second kappa shape index (κ2) is 7.01. The number of methoxy groups -OCH3 is 1. The number of hydrogen-bond donors (Lipinski definition) is 2. The molecule has 0 unspecified atom stereocenters. The SMILES string of the molecule is CCN(c1ccc(C)cc1)c1cc(NN)nc(COC)n1. The van der Waals surface area contributed by atoms with E-state index >= 15 is 0 Å². The molecular weight excluding hydrogens is 266 g/mol. The zero-order valence-corrected chi connectivity index (χ0v) is 12.6. The molecule has 0 bridgehead atoms. The highest BCUT2D eigenvalue weighted by Crippen LogP contribution is 2.25. The lowest BCUT2D eigenvalue weighted by molar-refractivity contribution is 0.178. The molecule has 0 spiro atoms. The Morgan fingerprint density at radius 3 is 2.52 bits per heavy atom. The van der Waals surface area contributed by atoms with Crippen LogP contribution in [0.4, 0.5) is 17.3 Å². The van der Waals surface area contributed by atoms with Crippen molar-refractivity contribution in [1.29, 1.82) is 0 Å². The summed E-state index contributed by atoms with van der Waals surface area (Å²) < 4.78 is 5.11. The summed E-state index contributed by atoms with van der Waals surface area (Å²) in [6.07, 6.45) is 0. The smallest absolute Gasteiger partial charge is 0.158 e. The molecule has 1 heterocycles.